The van der Waals surface area contributed by atoms with Gasteiger partial charge in [0.15, 0.2) is 0 Å². The van der Waals surface area contributed by atoms with Gasteiger partial charge in [0, 0.05) is 17.3 Å². The number of hydrogen-bond donors (Lipinski definition) is 1. The highest BCUT2D eigenvalue weighted by Gasteiger charge is 2.48. The van der Waals surface area contributed by atoms with E-state index in [1.165, 1.54) is 23.4 Å². The predicted molar refractivity (Wildman–Crippen MR) is 74.7 cm³/mol. The molecule has 1 aliphatic carbocycles. The quantitative estimate of drug-likeness (QED) is 0.870. The van der Waals surface area contributed by atoms with Crippen molar-refractivity contribution >= 4 is 0 Å². The molecule has 1 saturated carbocycles. The highest BCUT2D eigenvalue weighted by molar-refractivity contribution is 5.29. The van der Waals surface area contributed by atoms with Gasteiger partial charge >= 0.3 is 0 Å². The second-order valence-corrected chi connectivity index (χ2v) is 5.94. The molecule has 1 unspecified atom stereocenters. The summed E-state index contributed by atoms with van der Waals surface area (Å²) < 4.78 is 0. The van der Waals surface area contributed by atoms with Crippen LogP contribution in [0.3, 0.4) is 0 Å². The summed E-state index contributed by atoms with van der Waals surface area (Å²) in [5.41, 5.74) is 9.82. The largest absolute Gasteiger partial charge is 0.330 e. The van der Waals surface area contributed by atoms with Gasteiger partial charge in [-0.25, -0.2) is 9.97 Å². The Hall–Kier alpha value is -0.960. The Morgan fingerprint density at radius 1 is 1.17 bits per heavy atom. The van der Waals surface area contributed by atoms with Crippen molar-refractivity contribution in [3.63, 3.8) is 0 Å². The maximum atomic E-state index is 5.71. The second kappa shape index (κ2) is 4.96. The Bertz CT molecular complexity index is 412. The molecule has 1 aromatic heterocycles. The third-order valence-electron chi connectivity index (χ3n) is 4.08. The lowest BCUT2D eigenvalue weighted by atomic mass is 10.0. The van der Waals surface area contributed by atoms with Crippen LogP contribution in [0.15, 0.2) is 0 Å². The van der Waals surface area contributed by atoms with Gasteiger partial charge in [-0.3, -0.25) is 0 Å². The van der Waals surface area contributed by atoms with Crippen molar-refractivity contribution in [1.29, 1.82) is 0 Å². The first-order chi connectivity index (χ1) is 8.53. The lowest BCUT2D eigenvalue weighted by Crippen LogP contribution is -2.13. The molecule has 0 saturated heterocycles. The third-order valence-corrected chi connectivity index (χ3v) is 4.08. The molecule has 1 aliphatic rings. The Labute approximate surface area is 110 Å². The minimum atomic E-state index is 0.394. The van der Waals surface area contributed by atoms with Gasteiger partial charge in [-0.2, -0.15) is 0 Å². The van der Waals surface area contributed by atoms with Gasteiger partial charge in [0.2, 0.25) is 0 Å². The van der Waals surface area contributed by atoms with Crippen molar-refractivity contribution in [3.8, 4) is 0 Å². The Kier molecular flexibility index (Phi) is 3.71. The highest BCUT2D eigenvalue weighted by Crippen LogP contribution is 2.57. The van der Waals surface area contributed by atoms with Gasteiger partial charge in [0.1, 0.15) is 5.82 Å². The van der Waals surface area contributed by atoms with Crippen LogP contribution in [0.1, 0.15) is 62.8 Å². The Balaban J connectivity index is 2.40. The fraction of sp³-hybridized carbons (Fsp3) is 0.733. The van der Waals surface area contributed by atoms with Gasteiger partial charge in [0.25, 0.3) is 0 Å². The molecule has 100 valence electrons. The molecule has 3 nitrogen and oxygen atoms in total. The Morgan fingerprint density at radius 3 is 2.00 bits per heavy atom. The van der Waals surface area contributed by atoms with Gasteiger partial charge in [-0.15, -0.1) is 0 Å². The first kappa shape index (κ1) is 13.5. The maximum Gasteiger partial charge on any atom is 0.132 e. The molecule has 0 aliphatic heterocycles. The molecular formula is C15H25N3. The highest BCUT2D eigenvalue weighted by atomic mass is 14.9. The van der Waals surface area contributed by atoms with E-state index in [1.54, 1.807) is 0 Å². The van der Waals surface area contributed by atoms with Crippen LogP contribution in [-0.4, -0.2) is 16.5 Å². The minimum Gasteiger partial charge on any atom is -0.330 e. The van der Waals surface area contributed by atoms with E-state index in [4.69, 9.17) is 15.7 Å². The third kappa shape index (κ3) is 2.41. The van der Waals surface area contributed by atoms with Crippen LogP contribution < -0.4 is 5.73 Å². The summed E-state index contributed by atoms with van der Waals surface area (Å²) in [6.45, 7) is 9.61. The van der Waals surface area contributed by atoms with Crippen LogP contribution in [0.25, 0.3) is 0 Å². The van der Waals surface area contributed by atoms with Crippen molar-refractivity contribution in [1.82, 2.24) is 9.97 Å². The lowest BCUT2D eigenvalue weighted by molar-refractivity contribution is 0.603. The molecule has 0 radical (unpaired) electrons. The maximum absolute atomic E-state index is 5.71. The zero-order valence-corrected chi connectivity index (χ0v) is 12.1. The number of nitrogens with two attached hydrogens (primary N) is 1. The zero-order chi connectivity index (χ0) is 13.3. The molecule has 18 heavy (non-hydrogen) atoms. The van der Waals surface area contributed by atoms with Gasteiger partial charge in [0.05, 0.1) is 0 Å². The average Bonchev–Trinajstić information content (AvgIpc) is 2.99. The van der Waals surface area contributed by atoms with E-state index >= 15 is 0 Å². The van der Waals surface area contributed by atoms with Crippen LogP contribution in [-0.2, 0) is 19.3 Å². The van der Waals surface area contributed by atoms with E-state index in [0.29, 0.717) is 17.9 Å². The predicted octanol–water partition coefficient (Wildman–Crippen LogP) is 2.62. The first-order valence-corrected chi connectivity index (χ1v) is 7.12. The average molecular weight is 247 g/mol. The van der Waals surface area contributed by atoms with Crippen molar-refractivity contribution in [3.05, 3.63) is 22.8 Å². The summed E-state index contributed by atoms with van der Waals surface area (Å²) in [4.78, 5) is 9.62. The van der Waals surface area contributed by atoms with E-state index < -0.39 is 0 Å². The fourth-order valence-electron chi connectivity index (χ4n) is 2.68. The molecule has 3 heteroatoms. The van der Waals surface area contributed by atoms with E-state index in [-0.39, 0.29) is 0 Å². The van der Waals surface area contributed by atoms with E-state index in [1.807, 2.05) is 0 Å². The van der Waals surface area contributed by atoms with Crippen molar-refractivity contribution < 1.29 is 0 Å². The standard InChI is InChI=1S/C15H25N3/c1-5-12-10(7-8-16)13(6-2)18-14(17-12)11-9-15(11,3)4/h11H,5-9,16H2,1-4H3. The molecule has 1 atom stereocenters. The molecule has 1 aromatic rings. The Morgan fingerprint density at radius 2 is 1.67 bits per heavy atom. The van der Waals surface area contributed by atoms with Gasteiger partial charge < -0.3 is 5.73 Å². The number of hydrogen-bond acceptors (Lipinski definition) is 3. The van der Waals surface area contributed by atoms with Crippen molar-refractivity contribution in [2.75, 3.05) is 6.54 Å². The van der Waals surface area contributed by atoms with E-state index in [0.717, 1.165) is 25.1 Å². The first-order valence-electron chi connectivity index (χ1n) is 7.12. The second-order valence-electron chi connectivity index (χ2n) is 5.94. The number of aromatic nitrogens is 2. The topological polar surface area (TPSA) is 51.8 Å². The molecule has 0 bridgehead atoms. The molecule has 0 spiro atoms. The van der Waals surface area contributed by atoms with E-state index in [9.17, 15) is 0 Å². The number of nitrogens with zero attached hydrogens (tertiary/aromatic N) is 2. The summed E-state index contributed by atoms with van der Waals surface area (Å²) in [5.74, 6) is 1.62. The van der Waals surface area contributed by atoms with Crippen molar-refractivity contribution in [2.45, 2.75) is 59.3 Å². The molecule has 1 fully saturated rings. The van der Waals surface area contributed by atoms with Crippen LogP contribution in [0.2, 0.25) is 0 Å². The smallest absolute Gasteiger partial charge is 0.132 e. The zero-order valence-electron chi connectivity index (χ0n) is 12.1. The van der Waals surface area contributed by atoms with Crippen LogP contribution >= 0.6 is 0 Å². The monoisotopic (exact) mass is 247 g/mol. The lowest BCUT2D eigenvalue weighted by Gasteiger charge is -2.14. The summed E-state index contributed by atoms with van der Waals surface area (Å²) in [6.07, 6.45) is 4.08. The molecule has 0 aromatic carbocycles. The molecule has 1 heterocycles. The summed E-state index contributed by atoms with van der Waals surface area (Å²) in [6, 6.07) is 0. The van der Waals surface area contributed by atoms with Gasteiger partial charge in [-0.05, 0) is 43.2 Å². The normalized spacial score (nSPS) is 21.1. The van der Waals surface area contributed by atoms with Crippen LogP contribution in [0.4, 0.5) is 0 Å². The number of rotatable bonds is 5. The molecular weight excluding hydrogens is 222 g/mol. The SMILES string of the molecule is CCc1nc(C2CC2(C)C)nc(CC)c1CCN. The van der Waals surface area contributed by atoms with Crippen molar-refractivity contribution in [2.24, 2.45) is 11.1 Å². The molecule has 0 amide bonds. The van der Waals surface area contributed by atoms with E-state index in [2.05, 4.69) is 27.7 Å². The summed E-state index contributed by atoms with van der Waals surface area (Å²) >= 11 is 0. The summed E-state index contributed by atoms with van der Waals surface area (Å²) in [5, 5.41) is 0. The molecule has 2 rings (SSSR count). The van der Waals surface area contributed by atoms with Gasteiger partial charge in [-0.1, -0.05) is 27.7 Å². The van der Waals surface area contributed by atoms with Crippen LogP contribution in [0.5, 0.6) is 0 Å². The molecule has 2 N–H and O–H groups in total. The minimum absolute atomic E-state index is 0.394. The summed E-state index contributed by atoms with van der Waals surface area (Å²) in [7, 11) is 0. The number of aryl methyl sites for hydroxylation is 2. The van der Waals surface area contributed by atoms with Crippen LogP contribution in [0, 0.1) is 5.41 Å². The fourth-order valence-corrected chi connectivity index (χ4v) is 2.68.